The maximum Gasteiger partial charge on any atom is 0.115 e. The molecule has 1 N–H and O–H groups in total. The van der Waals surface area contributed by atoms with E-state index >= 15 is 0 Å². The number of benzene rings is 2. The molecule has 0 saturated carbocycles. The molecule has 2 nitrogen and oxygen atoms in total. The highest BCUT2D eigenvalue weighted by Gasteiger charge is 2.16. The second kappa shape index (κ2) is 4.13. The van der Waals surface area contributed by atoms with E-state index in [2.05, 4.69) is 29.2 Å². The third kappa shape index (κ3) is 1.98. The van der Waals surface area contributed by atoms with Crippen LogP contribution in [0.5, 0.6) is 5.75 Å². The number of phenolic OH excluding ortho intramolecular Hbond substituents is 1. The first-order valence-electron chi connectivity index (χ1n) is 5.94. The van der Waals surface area contributed by atoms with E-state index in [1.165, 1.54) is 16.8 Å². The van der Waals surface area contributed by atoms with Crippen molar-refractivity contribution in [3.05, 3.63) is 59.7 Å². The molecule has 86 valence electrons. The molecule has 0 saturated heterocycles. The Morgan fingerprint density at radius 1 is 0.941 bits per heavy atom. The van der Waals surface area contributed by atoms with Crippen LogP contribution in [-0.2, 0) is 13.0 Å². The number of hydrogen-bond acceptors (Lipinski definition) is 2. The van der Waals surface area contributed by atoms with Crippen molar-refractivity contribution in [1.82, 2.24) is 0 Å². The van der Waals surface area contributed by atoms with Gasteiger partial charge < -0.3 is 10.0 Å². The van der Waals surface area contributed by atoms with E-state index in [9.17, 15) is 5.11 Å². The summed E-state index contributed by atoms with van der Waals surface area (Å²) in [4.78, 5) is 2.35. The summed E-state index contributed by atoms with van der Waals surface area (Å²) in [5.41, 5.74) is 3.84. The van der Waals surface area contributed by atoms with E-state index in [1.807, 2.05) is 18.2 Å². The lowest BCUT2D eigenvalue weighted by Gasteiger charge is -2.30. The summed E-state index contributed by atoms with van der Waals surface area (Å²) in [6.07, 6.45) is 1.05. The molecule has 2 aromatic carbocycles. The van der Waals surface area contributed by atoms with E-state index in [1.54, 1.807) is 6.07 Å². The van der Waals surface area contributed by atoms with Crippen LogP contribution in [0.2, 0.25) is 0 Å². The van der Waals surface area contributed by atoms with Crippen molar-refractivity contribution in [3.63, 3.8) is 0 Å². The fraction of sp³-hybridized carbons (Fsp3) is 0.200. The quantitative estimate of drug-likeness (QED) is 0.806. The third-order valence-corrected chi connectivity index (χ3v) is 3.32. The van der Waals surface area contributed by atoms with E-state index in [4.69, 9.17) is 0 Å². The molecule has 0 spiro atoms. The second-order valence-corrected chi connectivity index (χ2v) is 4.46. The van der Waals surface area contributed by atoms with Crippen LogP contribution in [-0.4, -0.2) is 11.7 Å². The summed E-state index contributed by atoms with van der Waals surface area (Å²) >= 11 is 0. The standard InChI is InChI=1S/C15H15NO/c17-15-7-6-12-8-9-16(11-13(12)10-15)14-4-2-1-3-5-14/h1-7,10,17H,8-9,11H2. The van der Waals surface area contributed by atoms with Gasteiger partial charge in [0.05, 0.1) is 0 Å². The minimum absolute atomic E-state index is 0.360. The third-order valence-electron chi connectivity index (χ3n) is 3.32. The molecule has 1 heterocycles. The van der Waals surface area contributed by atoms with Gasteiger partial charge in [-0.25, -0.2) is 0 Å². The predicted molar refractivity (Wildman–Crippen MR) is 69.3 cm³/mol. The van der Waals surface area contributed by atoms with Gasteiger partial charge in [-0.15, -0.1) is 0 Å². The van der Waals surface area contributed by atoms with Crippen LogP contribution < -0.4 is 4.90 Å². The van der Waals surface area contributed by atoms with E-state index in [0.29, 0.717) is 5.75 Å². The summed E-state index contributed by atoms with van der Waals surface area (Å²) in [5.74, 6) is 0.360. The minimum atomic E-state index is 0.360. The van der Waals surface area contributed by atoms with E-state index in [0.717, 1.165) is 19.5 Å². The Labute approximate surface area is 101 Å². The number of rotatable bonds is 1. The lowest BCUT2D eigenvalue weighted by Crippen LogP contribution is -2.30. The van der Waals surface area contributed by atoms with Crippen molar-refractivity contribution >= 4 is 5.69 Å². The molecule has 17 heavy (non-hydrogen) atoms. The summed E-state index contributed by atoms with van der Waals surface area (Å²) in [7, 11) is 0. The number of fused-ring (bicyclic) bond motifs is 1. The SMILES string of the molecule is Oc1ccc2c(c1)CN(c1ccccc1)CC2. The van der Waals surface area contributed by atoms with Gasteiger partial charge in [0.15, 0.2) is 0 Å². The molecule has 2 aromatic rings. The minimum Gasteiger partial charge on any atom is -0.508 e. The molecular weight excluding hydrogens is 210 g/mol. The Bertz CT molecular complexity index is 522. The molecule has 3 rings (SSSR count). The topological polar surface area (TPSA) is 23.5 Å². The van der Waals surface area contributed by atoms with Crippen LogP contribution in [0.15, 0.2) is 48.5 Å². The number of anilines is 1. The number of nitrogens with zero attached hydrogens (tertiary/aromatic N) is 1. The van der Waals surface area contributed by atoms with Crippen LogP contribution in [0.4, 0.5) is 5.69 Å². The van der Waals surface area contributed by atoms with Gasteiger partial charge in [-0.1, -0.05) is 24.3 Å². The average molecular weight is 225 g/mol. The van der Waals surface area contributed by atoms with Gasteiger partial charge in [-0.2, -0.15) is 0 Å². The Balaban J connectivity index is 1.90. The smallest absolute Gasteiger partial charge is 0.115 e. The molecule has 0 aromatic heterocycles. The lowest BCUT2D eigenvalue weighted by molar-refractivity contribution is 0.473. The largest absolute Gasteiger partial charge is 0.508 e. The van der Waals surface area contributed by atoms with Crippen LogP contribution in [0.1, 0.15) is 11.1 Å². The summed E-state index contributed by atoms with van der Waals surface area (Å²) in [5, 5.41) is 9.53. The molecule has 0 aliphatic carbocycles. The van der Waals surface area contributed by atoms with Gasteiger partial charge in [0.25, 0.3) is 0 Å². The van der Waals surface area contributed by atoms with Crippen LogP contribution in [0.25, 0.3) is 0 Å². The molecule has 0 atom stereocenters. The van der Waals surface area contributed by atoms with Crippen LogP contribution in [0, 0.1) is 0 Å². The van der Waals surface area contributed by atoms with Gasteiger partial charge >= 0.3 is 0 Å². The van der Waals surface area contributed by atoms with Gasteiger partial charge in [0, 0.05) is 18.8 Å². The zero-order valence-corrected chi connectivity index (χ0v) is 9.63. The summed E-state index contributed by atoms with van der Waals surface area (Å²) < 4.78 is 0. The van der Waals surface area contributed by atoms with Crippen molar-refractivity contribution in [2.75, 3.05) is 11.4 Å². The first-order chi connectivity index (χ1) is 8.33. The molecule has 0 unspecified atom stereocenters. The molecule has 0 bridgehead atoms. The van der Waals surface area contributed by atoms with Crippen molar-refractivity contribution < 1.29 is 5.11 Å². The summed E-state index contributed by atoms with van der Waals surface area (Å²) in [6.45, 7) is 1.93. The van der Waals surface area contributed by atoms with Crippen molar-refractivity contribution in [2.24, 2.45) is 0 Å². The van der Waals surface area contributed by atoms with Crippen molar-refractivity contribution in [3.8, 4) is 5.75 Å². The van der Waals surface area contributed by atoms with Gasteiger partial charge in [0.1, 0.15) is 5.75 Å². The zero-order chi connectivity index (χ0) is 11.7. The molecule has 0 amide bonds. The monoisotopic (exact) mass is 225 g/mol. The Hall–Kier alpha value is -1.96. The highest BCUT2D eigenvalue weighted by molar-refractivity contribution is 5.50. The highest BCUT2D eigenvalue weighted by Crippen LogP contribution is 2.26. The maximum atomic E-state index is 9.53. The summed E-state index contributed by atoms with van der Waals surface area (Å²) in [6, 6.07) is 16.1. The van der Waals surface area contributed by atoms with Gasteiger partial charge in [-0.05, 0) is 41.8 Å². The number of aromatic hydroxyl groups is 1. The fourth-order valence-electron chi connectivity index (χ4n) is 2.40. The predicted octanol–water partition coefficient (Wildman–Crippen LogP) is 2.95. The maximum absolute atomic E-state index is 9.53. The average Bonchev–Trinajstić information content (AvgIpc) is 2.39. The first-order valence-corrected chi connectivity index (χ1v) is 5.94. The first kappa shape index (κ1) is 10.2. The van der Waals surface area contributed by atoms with Crippen molar-refractivity contribution in [2.45, 2.75) is 13.0 Å². The Kier molecular flexibility index (Phi) is 2.48. The molecule has 0 radical (unpaired) electrons. The lowest BCUT2D eigenvalue weighted by atomic mass is 9.99. The zero-order valence-electron chi connectivity index (χ0n) is 9.63. The second-order valence-electron chi connectivity index (χ2n) is 4.46. The normalized spacial score (nSPS) is 14.5. The van der Waals surface area contributed by atoms with Gasteiger partial charge in [-0.3, -0.25) is 0 Å². The van der Waals surface area contributed by atoms with Gasteiger partial charge in [0.2, 0.25) is 0 Å². The molecule has 1 aliphatic rings. The molecule has 0 fully saturated rings. The number of phenols is 1. The Morgan fingerprint density at radius 3 is 2.59 bits per heavy atom. The van der Waals surface area contributed by atoms with Crippen LogP contribution >= 0.6 is 0 Å². The number of para-hydroxylation sites is 1. The number of hydrogen-bond donors (Lipinski definition) is 1. The van der Waals surface area contributed by atoms with E-state index < -0.39 is 0 Å². The highest BCUT2D eigenvalue weighted by atomic mass is 16.3. The molecule has 1 aliphatic heterocycles. The molecular formula is C15H15NO. The molecule has 2 heteroatoms. The fourth-order valence-corrected chi connectivity index (χ4v) is 2.40. The van der Waals surface area contributed by atoms with E-state index in [-0.39, 0.29) is 0 Å². The Morgan fingerprint density at radius 2 is 1.76 bits per heavy atom. The van der Waals surface area contributed by atoms with Crippen LogP contribution in [0.3, 0.4) is 0 Å². The van der Waals surface area contributed by atoms with Crippen molar-refractivity contribution in [1.29, 1.82) is 0 Å².